The second-order valence-electron chi connectivity index (χ2n) is 10.2. The number of carboxylic acids is 1. The van der Waals surface area contributed by atoms with Crippen molar-refractivity contribution in [3.05, 3.63) is 105 Å². The van der Waals surface area contributed by atoms with Crippen LogP contribution in [0.25, 0.3) is 28.0 Å². The summed E-state index contributed by atoms with van der Waals surface area (Å²) in [5, 5.41) is 11.2. The number of carbonyl (C=O) groups is 1. The number of carboxylic acid groups (broad SMARTS) is 1. The van der Waals surface area contributed by atoms with E-state index in [0.29, 0.717) is 5.56 Å². The Hall–Kier alpha value is -4.22. The van der Waals surface area contributed by atoms with E-state index < -0.39 is 50.4 Å². The quantitative estimate of drug-likeness (QED) is 0.307. The minimum atomic E-state index is -4.74. The van der Waals surface area contributed by atoms with Gasteiger partial charge in [-0.05, 0) is 59.9 Å². The van der Waals surface area contributed by atoms with Gasteiger partial charge < -0.3 is 5.11 Å². The number of aromatic nitrogens is 1. The Morgan fingerprint density at radius 3 is 2.38 bits per heavy atom. The molecule has 7 nitrogen and oxygen atoms in total. The van der Waals surface area contributed by atoms with Gasteiger partial charge in [0.05, 0.1) is 11.6 Å². The first-order valence-corrected chi connectivity index (χ1v) is 14.5. The van der Waals surface area contributed by atoms with Gasteiger partial charge in [0.25, 0.3) is 15.6 Å². The lowest BCUT2D eigenvalue weighted by Gasteiger charge is -2.38. The van der Waals surface area contributed by atoms with Crippen LogP contribution in [-0.4, -0.2) is 41.5 Å². The van der Waals surface area contributed by atoms with E-state index in [9.17, 15) is 36.3 Å². The molecule has 2 heterocycles. The SMILES string of the molecule is C/C=C\c1c(Cc2cccc3ccccc23)c(-c2cccc(C(F)(F)F)c2)c2n(c1=O)C(C(=O)O)C(C)N(C)S2(=O)=O. The summed E-state index contributed by atoms with van der Waals surface area (Å²) in [6, 6.07) is 14.3. The van der Waals surface area contributed by atoms with Crippen molar-refractivity contribution >= 4 is 32.8 Å². The molecule has 11 heteroatoms. The van der Waals surface area contributed by atoms with Crippen molar-refractivity contribution in [3.8, 4) is 11.1 Å². The smallest absolute Gasteiger partial charge is 0.416 e. The van der Waals surface area contributed by atoms with Crippen molar-refractivity contribution in [2.75, 3.05) is 7.05 Å². The highest BCUT2D eigenvalue weighted by Crippen LogP contribution is 2.42. The molecule has 0 fully saturated rings. The van der Waals surface area contributed by atoms with Gasteiger partial charge in [-0.3, -0.25) is 9.36 Å². The number of pyridine rings is 1. The Balaban J connectivity index is 2.00. The molecule has 3 aromatic carbocycles. The van der Waals surface area contributed by atoms with E-state index in [2.05, 4.69) is 0 Å². The van der Waals surface area contributed by atoms with E-state index >= 15 is 0 Å². The summed E-state index contributed by atoms with van der Waals surface area (Å²) in [4.78, 5) is 26.6. The molecule has 42 heavy (non-hydrogen) atoms. The fourth-order valence-corrected chi connectivity index (χ4v) is 7.41. The molecule has 0 saturated heterocycles. The molecule has 0 saturated carbocycles. The molecule has 1 aliphatic heterocycles. The van der Waals surface area contributed by atoms with Crippen LogP contribution < -0.4 is 5.56 Å². The summed E-state index contributed by atoms with van der Waals surface area (Å²) in [7, 11) is -3.35. The zero-order valence-corrected chi connectivity index (χ0v) is 23.7. The van der Waals surface area contributed by atoms with E-state index in [-0.39, 0.29) is 28.7 Å². The lowest BCUT2D eigenvalue weighted by molar-refractivity contribution is -0.143. The van der Waals surface area contributed by atoms with Crippen molar-refractivity contribution in [1.29, 1.82) is 0 Å². The summed E-state index contributed by atoms with van der Waals surface area (Å²) < 4.78 is 71.3. The Kier molecular flexibility index (Phi) is 7.36. The van der Waals surface area contributed by atoms with Gasteiger partial charge >= 0.3 is 12.1 Å². The first-order chi connectivity index (χ1) is 19.8. The van der Waals surface area contributed by atoms with Crippen LogP contribution >= 0.6 is 0 Å². The number of alkyl halides is 3. The number of rotatable bonds is 5. The van der Waals surface area contributed by atoms with Crippen molar-refractivity contribution in [2.45, 2.75) is 43.6 Å². The molecule has 0 spiro atoms. The van der Waals surface area contributed by atoms with Gasteiger partial charge in [0.2, 0.25) is 0 Å². The van der Waals surface area contributed by atoms with Crippen molar-refractivity contribution in [3.63, 3.8) is 0 Å². The first kappa shape index (κ1) is 29.3. The van der Waals surface area contributed by atoms with Crippen molar-refractivity contribution in [2.24, 2.45) is 0 Å². The number of hydrogen-bond acceptors (Lipinski definition) is 4. The number of hydrogen-bond donors (Lipinski definition) is 1. The van der Waals surface area contributed by atoms with Gasteiger partial charge in [-0.2, -0.15) is 17.5 Å². The summed E-state index contributed by atoms with van der Waals surface area (Å²) >= 11 is 0. The fourth-order valence-electron chi connectivity index (χ4n) is 5.64. The summed E-state index contributed by atoms with van der Waals surface area (Å²) in [6.45, 7) is 3.01. The fraction of sp³-hybridized carbons (Fsp3) is 0.226. The number of nitrogens with zero attached hydrogens (tertiary/aromatic N) is 2. The van der Waals surface area contributed by atoms with E-state index in [4.69, 9.17) is 0 Å². The molecular formula is C31H27F3N2O5S. The molecule has 218 valence electrons. The minimum absolute atomic E-state index is 0.000186. The van der Waals surface area contributed by atoms with Gasteiger partial charge in [0.15, 0.2) is 11.1 Å². The third-order valence-electron chi connectivity index (χ3n) is 7.75. The molecule has 1 aromatic heterocycles. The normalized spacial score (nSPS) is 18.8. The maximum atomic E-state index is 14.1. The second kappa shape index (κ2) is 10.6. The number of benzene rings is 3. The van der Waals surface area contributed by atoms with Crippen molar-refractivity contribution in [1.82, 2.24) is 8.87 Å². The third-order valence-corrected chi connectivity index (χ3v) is 9.73. The highest BCUT2D eigenvalue weighted by Gasteiger charge is 2.47. The number of likely N-dealkylation sites (N-methyl/N-ethyl adjacent to an activating group) is 1. The molecule has 0 amide bonds. The number of aliphatic carboxylic acids is 1. The molecule has 4 aromatic rings. The maximum Gasteiger partial charge on any atom is 0.416 e. The molecule has 0 radical (unpaired) electrons. The lowest BCUT2D eigenvalue weighted by Crippen LogP contribution is -2.53. The Bertz CT molecular complexity index is 1920. The van der Waals surface area contributed by atoms with Crippen LogP contribution in [0.2, 0.25) is 0 Å². The topological polar surface area (TPSA) is 96.7 Å². The number of fused-ring (bicyclic) bond motifs is 2. The van der Waals surface area contributed by atoms with E-state index in [1.807, 2.05) is 30.3 Å². The zero-order chi connectivity index (χ0) is 30.6. The van der Waals surface area contributed by atoms with Crippen LogP contribution in [0.3, 0.4) is 0 Å². The van der Waals surface area contributed by atoms with Gasteiger partial charge in [-0.15, -0.1) is 0 Å². The van der Waals surface area contributed by atoms with Gasteiger partial charge in [-0.25, -0.2) is 13.2 Å². The highest BCUT2D eigenvalue weighted by molar-refractivity contribution is 7.89. The summed E-state index contributed by atoms with van der Waals surface area (Å²) in [6.07, 6.45) is -1.75. The number of sulfonamides is 1. The zero-order valence-electron chi connectivity index (χ0n) is 22.9. The predicted octanol–water partition coefficient (Wildman–Crippen LogP) is 5.96. The summed E-state index contributed by atoms with van der Waals surface area (Å²) in [5.41, 5.74) is -1.24. The van der Waals surface area contributed by atoms with Crippen LogP contribution in [0, 0.1) is 0 Å². The average molecular weight is 597 g/mol. The Morgan fingerprint density at radius 2 is 1.71 bits per heavy atom. The van der Waals surface area contributed by atoms with E-state index in [1.54, 1.807) is 25.1 Å². The van der Waals surface area contributed by atoms with Gasteiger partial charge in [-0.1, -0.05) is 66.7 Å². The molecule has 1 N–H and O–H groups in total. The molecule has 1 aliphatic rings. The van der Waals surface area contributed by atoms with Crippen LogP contribution in [0.1, 0.15) is 42.1 Å². The lowest BCUT2D eigenvalue weighted by atomic mass is 9.89. The van der Waals surface area contributed by atoms with E-state index in [0.717, 1.165) is 37.8 Å². The van der Waals surface area contributed by atoms with E-state index in [1.165, 1.54) is 26.1 Å². The predicted molar refractivity (Wildman–Crippen MR) is 154 cm³/mol. The average Bonchev–Trinajstić information content (AvgIpc) is 2.94. The monoisotopic (exact) mass is 596 g/mol. The molecule has 5 rings (SSSR count). The molecule has 0 aliphatic carbocycles. The highest BCUT2D eigenvalue weighted by atomic mass is 32.2. The van der Waals surface area contributed by atoms with Crippen LogP contribution in [-0.2, 0) is 27.4 Å². The molecular weight excluding hydrogens is 569 g/mol. The summed E-state index contributed by atoms with van der Waals surface area (Å²) in [5.74, 6) is -1.45. The minimum Gasteiger partial charge on any atom is -0.480 e. The number of allylic oxidation sites excluding steroid dienone is 1. The molecule has 0 bridgehead atoms. The van der Waals surface area contributed by atoms with Crippen LogP contribution in [0.5, 0.6) is 0 Å². The standard InChI is InChI=1S/C31H27F3N2O5S/c1-4-9-24-25(17-20-12-7-11-19-10-5-6-15-23(19)20)26(21-13-8-14-22(16-21)31(32,33)34)29-36(28(24)37)27(30(38)39)18(2)35(3)42(29,40)41/h4-16,18,27H,17H2,1-3H3,(H,38,39)/b9-4-. The van der Waals surface area contributed by atoms with Gasteiger partial charge in [0, 0.05) is 18.2 Å². The largest absolute Gasteiger partial charge is 0.480 e. The van der Waals surface area contributed by atoms with Gasteiger partial charge in [0.1, 0.15) is 0 Å². The Morgan fingerprint density at radius 1 is 1.05 bits per heavy atom. The van der Waals surface area contributed by atoms with Crippen molar-refractivity contribution < 1.29 is 31.5 Å². The maximum absolute atomic E-state index is 14.1. The first-order valence-electron chi connectivity index (χ1n) is 13.1. The second-order valence-corrected chi connectivity index (χ2v) is 12.1. The Labute approximate surface area is 240 Å². The number of halogens is 3. The third kappa shape index (κ3) is 4.72. The molecule has 2 atom stereocenters. The molecule has 2 unspecified atom stereocenters. The van der Waals surface area contributed by atoms with Crippen LogP contribution in [0.4, 0.5) is 13.2 Å². The van der Waals surface area contributed by atoms with Crippen LogP contribution in [0.15, 0.2) is 82.6 Å².